The third-order valence-electron chi connectivity index (χ3n) is 2.72. The molecule has 0 atom stereocenters. The highest BCUT2D eigenvalue weighted by Crippen LogP contribution is 2.16. The molecule has 0 fully saturated rings. The smallest absolute Gasteiger partial charge is 0.151 e. The van der Waals surface area contributed by atoms with E-state index in [4.69, 9.17) is 5.73 Å². The number of nitrogen functional groups attached to an aromatic ring is 1. The van der Waals surface area contributed by atoms with Crippen LogP contribution in [0.15, 0.2) is 30.6 Å². The summed E-state index contributed by atoms with van der Waals surface area (Å²) in [6, 6.07) is 5.09. The lowest BCUT2D eigenvalue weighted by Gasteiger charge is -2.09. The van der Waals surface area contributed by atoms with Gasteiger partial charge in [0.05, 0.1) is 12.2 Å². The summed E-state index contributed by atoms with van der Waals surface area (Å²) in [5.74, 6) is 0.651. The maximum Gasteiger partial charge on any atom is 0.151 e. The Kier molecular flexibility index (Phi) is 3.42. The highest BCUT2D eigenvalue weighted by molar-refractivity contribution is 5.42. The second-order valence-electron chi connectivity index (χ2n) is 4.04. The van der Waals surface area contributed by atoms with Crippen LogP contribution in [-0.2, 0) is 13.0 Å². The van der Waals surface area contributed by atoms with Crippen LogP contribution in [0.3, 0.4) is 0 Å². The molecule has 0 aliphatic carbocycles. The summed E-state index contributed by atoms with van der Waals surface area (Å²) >= 11 is 0. The summed E-state index contributed by atoms with van der Waals surface area (Å²) in [4.78, 5) is 4.26. The zero-order valence-electron chi connectivity index (χ0n) is 9.86. The molecule has 2 N–H and O–H groups in total. The Balaban J connectivity index is 2.25. The van der Waals surface area contributed by atoms with Gasteiger partial charge in [-0.3, -0.25) is 0 Å². The van der Waals surface area contributed by atoms with Gasteiger partial charge in [-0.05, 0) is 12.5 Å². The number of benzene rings is 1. The van der Waals surface area contributed by atoms with Crippen LogP contribution in [0.2, 0.25) is 0 Å². The average molecular weight is 233 g/mol. The summed E-state index contributed by atoms with van der Waals surface area (Å²) in [5, 5.41) is 0. The first-order chi connectivity index (χ1) is 8.22. The molecule has 1 aromatic heterocycles. The van der Waals surface area contributed by atoms with Gasteiger partial charge in [-0.25, -0.2) is 9.37 Å². The van der Waals surface area contributed by atoms with Crippen LogP contribution in [0, 0.1) is 5.82 Å². The summed E-state index contributed by atoms with van der Waals surface area (Å²) in [7, 11) is 0. The number of aryl methyl sites for hydroxylation is 1. The summed E-state index contributed by atoms with van der Waals surface area (Å²) in [5.41, 5.74) is 6.34. The second-order valence-corrected chi connectivity index (χ2v) is 4.04. The molecule has 2 aromatic rings. The molecule has 0 spiro atoms. The molecule has 2 rings (SSSR count). The molecule has 3 nitrogen and oxygen atoms in total. The van der Waals surface area contributed by atoms with Gasteiger partial charge >= 0.3 is 0 Å². The minimum absolute atomic E-state index is 0.194. The molecule has 17 heavy (non-hydrogen) atoms. The molecule has 1 heterocycles. The number of rotatable bonds is 4. The molecule has 0 unspecified atom stereocenters. The van der Waals surface area contributed by atoms with Crippen molar-refractivity contribution in [2.75, 3.05) is 5.73 Å². The molecule has 0 saturated heterocycles. The fraction of sp³-hybridized carbons (Fsp3) is 0.308. The molecular weight excluding hydrogens is 217 g/mol. The van der Waals surface area contributed by atoms with Crippen molar-refractivity contribution in [1.82, 2.24) is 9.55 Å². The zero-order chi connectivity index (χ0) is 12.3. The summed E-state index contributed by atoms with van der Waals surface area (Å²) in [6.07, 6.45) is 5.54. The number of halogens is 1. The van der Waals surface area contributed by atoms with E-state index in [1.165, 1.54) is 0 Å². The third kappa shape index (κ3) is 2.46. The summed E-state index contributed by atoms with van der Waals surface area (Å²) < 4.78 is 15.7. The van der Waals surface area contributed by atoms with E-state index in [-0.39, 0.29) is 11.5 Å². The van der Waals surface area contributed by atoms with Crippen LogP contribution in [0.5, 0.6) is 0 Å². The van der Waals surface area contributed by atoms with Gasteiger partial charge in [-0.2, -0.15) is 0 Å². The molecule has 0 amide bonds. The van der Waals surface area contributed by atoms with Crippen molar-refractivity contribution in [3.63, 3.8) is 0 Å². The Bertz CT molecular complexity index is 505. The Morgan fingerprint density at radius 3 is 3.00 bits per heavy atom. The van der Waals surface area contributed by atoms with Gasteiger partial charge in [-0.15, -0.1) is 0 Å². The lowest BCUT2D eigenvalue weighted by molar-refractivity contribution is 0.597. The van der Waals surface area contributed by atoms with E-state index in [2.05, 4.69) is 11.9 Å². The van der Waals surface area contributed by atoms with Crippen molar-refractivity contribution in [2.45, 2.75) is 26.3 Å². The normalized spacial score (nSPS) is 10.7. The van der Waals surface area contributed by atoms with Crippen molar-refractivity contribution in [1.29, 1.82) is 0 Å². The molecule has 0 bridgehead atoms. The first kappa shape index (κ1) is 11.6. The quantitative estimate of drug-likeness (QED) is 0.825. The summed E-state index contributed by atoms with van der Waals surface area (Å²) in [6.45, 7) is 2.58. The van der Waals surface area contributed by atoms with Crippen LogP contribution in [0.1, 0.15) is 24.7 Å². The fourth-order valence-corrected chi connectivity index (χ4v) is 1.84. The Morgan fingerprint density at radius 2 is 2.24 bits per heavy atom. The lowest BCUT2D eigenvalue weighted by atomic mass is 10.2. The molecule has 90 valence electrons. The Hall–Kier alpha value is -1.84. The number of aromatic nitrogens is 2. The number of hydrogen-bond acceptors (Lipinski definition) is 2. The van der Waals surface area contributed by atoms with E-state index < -0.39 is 0 Å². The largest absolute Gasteiger partial charge is 0.396 e. The number of nitrogens with zero attached hydrogens (tertiary/aromatic N) is 2. The minimum atomic E-state index is -0.330. The Labute approximate surface area is 100 Å². The van der Waals surface area contributed by atoms with Gasteiger partial charge in [-0.1, -0.05) is 19.1 Å². The molecule has 0 aliphatic heterocycles. The second kappa shape index (κ2) is 4.99. The van der Waals surface area contributed by atoms with Crippen molar-refractivity contribution in [3.05, 3.63) is 47.8 Å². The van der Waals surface area contributed by atoms with Gasteiger partial charge in [0.2, 0.25) is 0 Å². The topological polar surface area (TPSA) is 43.8 Å². The molecule has 0 saturated carbocycles. The molecular formula is C13H16FN3. The van der Waals surface area contributed by atoms with E-state index in [0.29, 0.717) is 12.1 Å². The minimum Gasteiger partial charge on any atom is -0.396 e. The van der Waals surface area contributed by atoms with Crippen LogP contribution < -0.4 is 5.73 Å². The van der Waals surface area contributed by atoms with Gasteiger partial charge in [0, 0.05) is 24.4 Å². The van der Waals surface area contributed by atoms with Crippen molar-refractivity contribution in [3.8, 4) is 0 Å². The van der Waals surface area contributed by atoms with Gasteiger partial charge < -0.3 is 10.3 Å². The van der Waals surface area contributed by atoms with Crippen molar-refractivity contribution >= 4 is 5.69 Å². The van der Waals surface area contributed by atoms with E-state index in [0.717, 1.165) is 18.7 Å². The highest BCUT2D eigenvalue weighted by Gasteiger charge is 2.08. The van der Waals surface area contributed by atoms with Gasteiger partial charge in [0.1, 0.15) is 5.82 Å². The molecule has 0 radical (unpaired) electrons. The average Bonchev–Trinajstić information content (AvgIpc) is 2.73. The van der Waals surface area contributed by atoms with Gasteiger partial charge in [0.15, 0.2) is 5.82 Å². The van der Waals surface area contributed by atoms with Crippen molar-refractivity contribution < 1.29 is 4.39 Å². The number of anilines is 1. The first-order valence-corrected chi connectivity index (χ1v) is 5.75. The van der Waals surface area contributed by atoms with Gasteiger partial charge in [0.25, 0.3) is 0 Å². The SMILES string of the molecule is CCCc1nccn1Cc1cccc(N)c1F. The molecule has 0 aliphatic rings. The van der Waals surface area contributed by atoms with Crippen LogP contribution in [-0.4, -0.2) is 9.55 Å². The number of hydrogen-bond donors (Lipinski definition) is 1. The highest BCUT2D eigenvalue weighted by atomic mass is 19.1. The first-order valence-electron chi connectivity index (χ1n) is 5.75. The molecule has 4 heteroatoms. The van der Waals surface area contributed by atoms with Crippen molar-refractivity contribution in [2.24, 2.45) is 0 Å². The third-order valence-corrected chi connectivity index (χ3v) is 2.72. The van der Waals surface area contributed by atoms with E-state index in [9.17, 15) is 4.39 Å². The van der Waals surface area contributed by atoms with E-state index >= 15 is 0 Å². The monoisotopic (exact) mass is 233 g/mol. The van der Waals surface area contributed by atoms with E-state index in [1.807, 2.05) is 10.8 Å². The number of nitrogens with two attached hydrogens (primary N) is 1. The van der Waals surface area contributed by atoms with E-state index in [1.54, 1.807) is 24.4 Å². The van der Waals surface area contributed by atoms with Crippen LogP contribution in [0.25, 0.3) is 0 Å². The maximum absolute atomic E-state index is 13.8. The standard InChI is InChI=1S/C13H16FN3/c1-2-4-12-16-7-8-17(12)9-10-5-3-6-11(15)13(10)14/h3,5-8H,2,4,9,15H2,1H3. The predicted octanol–water partition coefficient (Wildman–Crippen LogP) is 2.61. The van der Waals surface area contributed by atoms with Crippen LogP contribution in [0.4, 0.5) is 10.1 Å². The fourth-order valence-electron chi connectivity index (χ4n) is 1.84. The number of imidazole rings is 1. The molecule has 1 aromatic carbocycles. The predicted molar refractivity (Wildman–Crippen MR) is 66.1 cm³/mol. The maximum atomic E-state index is 13.8. The zero-order valence-corrected chi connectivity index (χ0v) is 9.86. The Morgan fingerprint density at radius 1 is 1.41 bits per heavy atom. The van der Waals surface area contributed by atoms with Crippen LogP contribution >= 0.6 is 0 Å². The lowest BCUT2D eigenvalue weighted by Crippen LogP contribution is -2.07.